The molecule has 7 heteroatoms. The van der Waals surface area contributed by atoms with Crippen LogP contribution in [0.4, 0.5) is 10.5 Å². The van der Waals surface area contributed by atoms with Crippen molar-refractivity contribution in [1.29, 1.82) is 0 Å². The zero-order valence-electron chi connectivity index (χ0n) is 15.1. The summed E-state index contributed by atoms with van der Waals surface area (Å²) in [7, 11) is 0. The molecule has 138 valence electrons. The molecule has 0 bridgehead atoms. The maximum atomic E-state index is 11.9. The third-order valence-corrected chi connectivity index (χ3v) is 3.06. The fourth-order valence-corrected chi connectivity index (χ4v) is 2.02. The number of nitrogens with one attached hydrogen (secondary N) is 2. The summed E-state index contributed by atoms with van der Waals surface area (Å²) >= 11 is 0. The molecule has 0 spiro atoms. The monoisotopic (exact) mass is 357 g/mol. The van der Waals surface area contributed by atoms with E-state index in [1.54, 1.807) is 63.4 Å². The summed E-state index contributed by atoms with van der Waals surface area (Å²) in [6.45, 7) is 6.03. The van der Waals surface area contributed by atoms with Crippen molar-refractivity contribution in [2.45, 2.75) is 26.4 Å². The predicted molar refractivity (Wildman–Crippen MR) is 98.4 cm³/mol. The van der Waals surface area contributed by atoms with Gasteiger partial charge in [-0.15, -0.1) is 0 Å². The molecule has 1 aromatic carbocycles. The van der Waals surface area contributed by atoms with Gasteiger partial charge in [0.2, 0.25) is 0 Å². The number of rotatable bonds is 6. The van der Waals surface area contributed by atoms with Gasteiger partial charge in [0.25, 0.3) is 5.91 Å². The molecular formula is C19H23N3O4. The Balaban J connectivity index is 1.78. The van der Waals surface area contributed by atoms with Crippen molar-refractivity contribution in [3.63, 3.8) is 0 Å². The quantitative estimate of drug-likeness (QED) is 0.775. The highest BCUT2D eigenvalue weighted by Gasteiger charge is 2.16. The average Bonchev–Trinajstić information content (AvgIpc) is 2.58. The molecule has 0 saturated heterocycles. The van der Waals surface area contributed by atoms with Gasteiger partial charge in [0.05, 0.1) is 12.1 Å². The number of ether oxygens (including phenoxy) is 2. The molecule has 2 aromatic rings. The highest BCUT2D eigenvalue weighted by Crippen LogP contribution is 2.18. The molecule has 0 aliphatic heterocycles. The van der Waals surface area contributed by atoms with Crippen LogP contribution in [-0.2, 0) is 4.74 Å². The summed E-state index contributed by atoms with van der Waals surface area (Å²) in [6.07, 6.45) is 2.58. The van der Waals surface area contributed by atoms with Crippen molar-refractivity contribution >= 4 is 17.7 Å². The lowest BCUT2D eigenvalue weighted by Crippen LogP contribution is -2.28. The van der Waals surface area contributed by atoms with Crippen LogP contribution in [0.2, 0.25) is 0 Å². The minimum absolute atomic E-state index is 0.206. The fraction of sp³-hybridized carbons (Fsp3) is 0.316. The van der Waals surface area contributed by atoms with E-state index in [0.29, 0.717) is 30.2 Å². The molecule has 0 radical (unpaired) electrons. The molecule has 1 aromatic heterocycles. The van der Waals surface area contributed by atoms with Crippen LogP contribution < -0.4 is 15.4 Å². The van der Waals surface area contributed by atoms with Crippen LogP contribution in [0.3, 0.4) is 0 Å². The van der Waals surface area contributed by atoms with Gasteiger partial charge in [-0.3, -0.25) is 15.1 Å². The van der Waals surface area contributed by atoms with E-state index in [1.165, 1.54) is 6.20 Å². The maximum absolute atomic E-state index is 11.9. The van der Waals surface area contributed by atoms with Crippen LogP contribution in [0, 0.1) is 0 Å². The van der Waals surface area contributed by atoms with Gasteiger partial charge in [-0.05, 0) is 45.0 Å². The number of carbonyl (C=O) groups excluding carboxylic acids is 2. The molecule has 0 atom stereocenters. The standard InChI is InChI=1S/C19H23N3O4/c1-19(2,3)26-18(24)22-15-7-4-8-16(12-15)25-11-10-21-17(23)14-6-5-9-20-13-14/h4-9,12-13H,10-11H2,1-3H3,(H,21,23)(H,22,24). The molecular weight excluding hydrogens is 334 g/mol. The van der Waals surface area contributed by atoms with Gasteiger partial charge in [0.1, 0.15) is 18.0 Å². The molecule has 1 heterocycles. The van der Waals surface area contributed by atoms with E-state index in [-0.39, 0.29) is 5.91 Å². The van der Waals surface area contributed by atoms with Crippen molar-refractivity contribution < 1.29 is 19.1 Å². The van der Waals surface area contributed by atoms with Gasteiger partial charge in [0, 0.05) is 24.1 Å². The normalized spacial score (nSPS) is 10.7. The Hall–Kier alpha value is -3.09. The van der Waals surface area contributed by atoms with E-state index in [2.05, 4.69) is 15.6 Å². The summed E-state index contributed by atoms with van der Waals surface area (Å²) in [5.74, 6) is 0.372. The summed E-state index contributed by atoms with van der Waals surface area (Å²) in [6, 6.07) is 10.3. The highest BCUT2D eigenvalue weighted by molar-refractivity contribution is 5.93. The summed E-state index contributed by atoms with van der Waals surface area (Å²) in [5.41, 5.74) is 0.497. The first-order valence-corrected chi connectivity index (χ1v) is 8.24. The molecule has 2 N–H and O–H groups in total. The Morgan fingerprint density at radius 1 is 1.15 bits per heavy atom. The SMILES string of the molecule is CC(C)(C)OC(=O)Nc1cccc(OCCNC(=O)c2cccnc2)c1. The van der Waals surface area contributed by atoms with Gasteiger partial charge in [0.15, 0.2) is 0 Å². The molecule has 0 aliphatic rings. The smallest absolute Gasteiger partial charge is 0.412 e. The zero-order valence-corrected chi connectivity index (χ0v) is 15.1. The van der Waals surface area contributed by atoms with Gasteiger partial charge in [-0.1, -0.05) is 6.07 Å². The lowest BCUT2D eigenvalue weighted by Gasteiger charge is -2.19. The van der Waals surface area contributed by atoms with Crippen LogP contribution in [-0.4, -0.2) is 35.7 Å². The Morgan fingerprint density at radius 3 is 2.65 bits per heavy atom. The van der Waals surface area contributed by atoms with Crippen molar-refractivity contribution in [1.82, 2.24) is 10.3 Å². The van der Waals surface area contributed by atoms with E-state index in [4.69, 9.17) is 9.47 Å². The number of hydrogen-bond donors (Lipinski definition) is 2. The van der Waals surface area contributed by atoms with Crippen molar-refractivity contribution in [3.05, 3.63) is 54.4 Å². The lowest BCUT2D eigenvalue weighted by molar-refractivity contribution is 0.0635. The number of pyridine rings is 1. The van der Waals surface area contributed by atoms with Gasteiger partial charge >= 0.3 is 6.09 Å². The molecule has 0 fully saturated rings. The molecule has 0 unspecified atom stereocenters. The Bertz CT molecular complexity index is 742. The summed E-state index contributed by atoms with van der Waals surface area (Å²) in [4.78, 5) is 27.6. The maximum Gasteiger partial charge on any atom is 0.412 e. The van der Waals surface area contributed by atoms with E-state index in [0.717, 1.165) is 0 Å². The molecule has 0 aliphatic carbocycles. The Kier molecular flexibility index (Phi) is 6.54. The molecule has 26 heavy (non-hydrogen) atoms. The zero-order chi connectivity index (χ0) is 19.0. The average molecular weight is 357 g/mol. The van der Waals surface area contributed by atoms with Gasteiger partial charge in [-0.25, -0.2) is 4.79 Å². The minimum atomic E-state index is -0.565. The lowest BCUT2D eigenvalue weighted by atomic mass is 10.2. The van der Waals surface area contributed by atoms with Gasteiger partial charge in [-0.2, -0.15) is 0 Å². The van der Waals surface area contributed by atoms with E-state index in [1.807, 2.05) is 0 Å². The van der Waals surface area contributed by atoms with E-state index in [9.17, 15) is 9.59 Å². The number of nitrogens with zero attached hydrogens (tertiary/aromatic N) is 1. The van der Waals surface area contributed by atoms with Crippen LogP contribution >= 0.6 is 0 Å². The number of benzene rings is 1. The molecule has 0 saturated carbocycles. The Labute approximate surface area is 152 Å². The summed E-state index contributed by atoms with van der Waals surface area (Å²) < 4.78 is 10.8. The van der Waals surface area contributed by atoms with Crippen molar-refractivity contribution in [2.24, 2.45) is 0 Å². The fourth-order valence-electron chi connectivity index (χ4n) is 2.02. The van der Waals surface area contributed by atoms with Crippen LogP contribution in [0.15, 0.2) is 48.8 Å². The molecule has 2 rings (SSSR count). The third kappa shape index (κ3) is 6.80. The van der Waals surface area contributed by atoms with Crippen LogP contribution in [0.5, 0.6) is 5.75 Å². The Morgan fingerprint density at radius 2 is 1.96 bits per heavy atom. The topological polar surface area (TPSA) is 89.5 Å². The second-order valence-electron chi connectivity index (χ2n) is 6.50. The van der Waals surface area contributed by atoms with E-state index < -0.39 is 11.7 Å². The number of aromatic nitrogens is 1. The second-order valence-corrected chi connectivity index (χ2v) is 6.50. The van der Waals surface area contributed by atoms with Gasteiger partial charge < -0.3 is 14.8 Å². The first-order chi connectivity index (χ1) is 12.3. The number of carbonyl (C=O) groups is 2. The van der Waals surface area contributed by atoms with Crippen molar-refractivity contribution in [3.8, 4) is 5.75 Å². The van der Waals surface area contributed by atoms with Crippen LogP contribution in [0.1, 0.15) is 31.1 Å². The van der Waals surface area contributed by atoms with Crippen LogP contribution in [0.25, 0.3) is 0 Å². The minimum Gasteiger partial charge on any atom is -0.492 e. The number of anilines is 1. The molecule has 2 amide bonds. The number of hydrogen-bond acceptors (Lipinski definition) is 5. The van der Waals surface area contributed by atoms with E-state index >= 15 is 0 Å². The third-order valence-electron chi connectivity index (χ3n) is 3.06. The molecule has 7 nitrogen and oxygen atoms in total. The highest BCUT2D eigenvalue weighted by atomic mass is 16.6. The predicted octanol–water partition coefficient (Wildman–Crippen LogP) is 3.24. The first-order valence-electron chi connectivity index (χ1n) is 8.24. The number of amides is 2. The first kappa shape index (κ1) is 19.2. The van der Waals surface area contributed by atoms with Crippen molar-refractivity contribution in [2.75, 3.05) is 18.5 Å². The largest absolute Gasteiger partial charge is 0.492 e. The second kappa shape index (κ2) is 8.84. The summed E-state index contributed by atoms with van der Waals surface area (Å²) in [5, 5.41) is 5.40.